The molecule has 0 aromatic rings. The summed E-state index contributed by atoms with van der Waals surface area (Å²) in [6, 6.07) is -0.281. The second-order valence-electron chi connectivity index (χ2n) is 6.42. The highest BCUT2D eigenvalue weighted by Gasteiger charge is 2.34. The van der Waals surface area contributed by atoms with E-state index < -0.39 is 17.9 Å². The molecule has 2 fully saturated rings. The molecule has 21 heavy (non-hydrogen) atoms. The lowest BCUT2D eigenvalue weighted by atomic mass is 10.0. The van der Waals surface area contributed by atoms with E-state index in [9.17, 15) is 9.18 Å². The lowest BCUT2D eigenvalue weighted by molar-refractivity contribution is -0.0446. The smallest absolute Gasteiger partial charge is 0.410 e. The lowest BCUT2D eigenvalue weighted by Crippen LogP contribution is -2.54. The minimum Gasteiger partial charge on any atom is -0.444 e. The molecule has 2 aliphatic heterocycles. The Morgan fingerprint density at radius 2 is 2.05 bits per heavy atom. The summed E-state index contributed by atoms with van der Waals surface area (Å²) < 4.78 is 30.0. The van der Waals surface area contributed by atoms with Crippen molar-refractivity contribution in [1.82, 2.24) is 10.2 Å². The van der Waals surface area contributed by atoms with Crippen molar-refractivity contribution in [1.29, 1.82) is 0 Å². The van der Waals surface area contributed by atoms with Gasteiger partial charge in [-0.25, -0.2) is 9.18 Å². The molecule has 2 saturated heterocycles. The Morgan fingerprint density at radius 1 is 1.38 bits per heavy atom. The summed E-state index contributed by atoms with van der Waals surface area (Å²) in [7, 11) is 0. The van der Waals surface area contributed by atoms with Crippen LogP contribution < -0.4 is 5.32 Å². The second-order valence-corrected chi connectivity index (χ2v) is 6.42. The Kier molecular flexibility index (Phi) is 5.40. The van der Waals surface area contributed by atoms with Crippen LogP contribution in [0.5, 0.6) is 0 Å². The van der Waals surface area contributed by atoms with Crippen molar-refractivity contribution in [3.63, 3.8) is 0 Å². The van der Waals surface area contributed by atoms with Crippen molar-refractivity contribution in [2.75, 3.05) is 32.8 Å². The zero-order chi connectivity index (χ0) is 15.5. The standard InChI is InChI=1S/C14H25FN2O4/c1-14(2,3)21-13(18)17-5-4-11(10(15)9-17)16-8-12-19-6-7-20-12/h10-12,16H,4-9H2,1-3H3/t10-,11+/m0/s1. The number of amides is 1. The van der Waals surface area contributed by atoms with Gasteiger partial charge in [-0.15, -0.1) is 0 Å². The Morgan fingerprint density at radius 3 is 2.62 bits per heavy atom. The van der Waals surface area contributed by atoms with Crippen molar-refractivity contribution in [3.05, 3.63) is 0 Å². The van der Waals surface area contributed by atoms with Crippen LogP contribution in [0, 0.1) is 0 Å². The minimum atomic E-state index is -1.12. The van der Waals surface area contributed by atoms with E-state index in [1.54, 1.807) is 20.8 Å². The normalized spacial score (nSPS) is 27.9. The van der Waals surface area contributed by atoms with Crippen LogP contribution in [0.15, 0.2) is 0 Å². The van der Waals surface area contributed by atoms with Gasteiger partial charge in [0.15, 0.2) is 6.29 Å². The number of ether oxygens (including phenoxy) is 3. The highest BCUT2D eigenvalue weighted by molar-refractivity contribution is 5.68. The van der Waals surface area contributed by atoms with E-state index in [-0.39, 0.29) is 18.9 Å². The molecule has 2 aliphatic rings. The number of nitrogens with one attached hydrogen (secondary N) is 1. The van der Waals surface area contributed by atoms with Gasteiger partial charge in [0.05, 0.1) is 19.8 Å². The molecule has 1 N–H and O–H groups in total. The molecule has 2 heterocycles. The van der Waals surface area contributed by atoms with Crippen molar-refractivity contribution >= 4 is 6.09 Å². The van der Waals surface area contributed by atoms with Crippen LogP contribution in [0.25, 0.3) is 0 Å². The van der Waals surface area contributed by atoms with Crippen LogP contribution in [0.4, 0.5) is 9.18 Å². The lowest BCUT2D eigenvalue weighted by Gasteiger charge is -2.36. The molecule has 0 unspecified atom stereocenters. The zero-order valence-corrected chi connectivity index (χ0v) is 12.9. The number of carbonyl (C=O) groups is 1. The average molecular weight is 304 g/mol. The Balaban J connectivity index is 1.74. The fourth-order valence-corrected chi connectivity index (χ4v) is 2.40. The summed E-state index contributed by atoms with van der Waals surface area (Å²) in [6.45, 7) is 7.58. The van der Waals surface area contributed by atoms with Crippen LogP contribution in [-0.2, 0) is 14.2 Å². The molecule has 0 aromatic heterocycles. The first kappa shape index (κ1) is 16.5. The van der Waals surface area contributed by atoms with Gasteiger partial charge in [-0.05, 0) is 27.2 Å². The fraction of sp³-hybridized carbons (Fsp3) is 0.929. The zero-order valence-electron chi connectivity index (χ0n) is 12.9. The summed E-state index contributed by atoms with van der Waals surface area (Å²) in [4.78, 5) is 13.3. The molecule has 0 saturated carbocycles. The van der Waals surface area contributed by atoms with Crippen molar-refractivity contribution in [3.8, 4) is 0 Å². The molecule has 2 atom stereocenters. The van der Waals surface area contributed by atoms with Gasteiger partial charge in [0.2, 0.25) is 0 Å². The van der Waals surface area contributed by atoms with Gasteiger partial charge in [-0.2, -0.15) is 0 Å². The molecular weight excluding hydrogens is 279 g/mol. The molecule has 122 valence electrons. The second kappa shape index (κ2) is 6.89. The maximum absolute atomic E-state index is 14.2. The molecule has 2 rings (SSSR count). The summed E-state index contributed by atoms with van der Waals surface area (Å²) in [5, 5.41) is 3.12. The van der Waals surface area contributed by atoms with Crippen LogP contribution >= 0.6 is 0 Å². The third-order valence-electron chi connectivity index (χ3n) is 3.43. The average Bonchev–Trinajstić information content (AvgIpc) is 2.88. The first-order valence-electron chi connectivity index (χ1n) is 7.44. The van der Waals surface area contributed by atoms with E-state index >= 15 is 0 Å². The quantitative estimate of drug-likeness (QED) is 0.851. The van der Waals surface area contributed by atoms with Crippen molar-refractivity contribution in [2.24, 2.45) is 0 Å². The topological polar surface area (TPSA) is 60.0 Å². The van der Waals surface area contributed by atoms with E-state index in [0.717, 1.165) is 0 Å². The van der Waals surface area contributed by atoms with Crippen LogP contribution in [0.2, 0.25) is 0 Å². The number of alkyl halides is 1. The summed E-state index contributed by atoms with van der Waals surface area (Å²) >= 11 is 0. The molecule has 0 spiro atoms. The van der Waals surface area contributed by atoms with Crippen LogP contribution in [0.1, 0.15) is 27.2 Å². The Labute approximate surface area is 124 Å². The molecule has 0 aliphatic carbocycles. The monoisotopic (exact) mass is 304 g/mol. The minimum absolute atomic E-state index is 0.0545. The van der Waals surface area contributed by atoms with Gasteiger partial charge in [0.1, 0.15) is 11.8 Å². The highest BCUT2D eigenvalue weighted by Crippen LogP contribution is 2.18. The summed E-state index contributed by atoms with van der Waals surface area (Å²) in [5.74, 6) is 0. The number of carbonyl (C=O) groups excluding carboxylic acids is 1. The molecule has 1 amide bonds. The number of likely N-dealkylation sites (tertiary alicyclic amines) is 1. The van der Waals surface area contributed by atoms with Gasteiger partial charge in [-0.1, -0.05) is 0 Å². The molecule has 6 nitrogen and oxygen atoms in total. The predicted molar refractivity (Wildman–Crippen MR) is 74.8 cm³/mol. The number of hydrogen-bond donors (Lipinski definition) is 1. The first-order chi connectivity index (χ1) is 9.85. The van der Waals surface area contributed by atoms with E-state index in [4.69, 9.17) is 14.2 Å². The van der Waals surface area contributed by atoms with Crippen molar-refractivity contribution < 1.29 is 23.4 Å². The maximum Gasteiger partial charge on any atom is 0.410 e. The number of halogens is 1. The molecule has 0 radical (unpaired) electrons. The highest BCUT2D eigenvalue weighted by atomic mass is 19.1. The first-order valence-corrected chi connectivity index (χ1v) is 7.44. The molecule has 0 bridgehead atoms. The number of nitrogens with zero attached hydrogens (tertiary/aromatic N) is 1. The Bertz CT molecular complexity index is 355. The van der Waals surface area contributed by atoms with E-state index in [1.807, 2.05) is 0 Å². The van der Waals surface area contributed by atoms with Gasteiger partial charge < -0.3 is 24.4 Å². The molecule has 0 aromatic carbocycles. The number of rotatable bonds is 3. The van der Waals surface area contributed by atoms with E-state index in [2.05, 4.69) is 5.32 Å². The number of hydrogen-bond acceptors (Lipinski definition) is 5. The largest absolute Gasteiger partial charge is 0.444 e. The fourth-order valence-electron chi connectivity index (χ4n) is 2.40. The van der Waals surface area contributed by atoms with Gasteiger partial charge >= 0.3 is 6.09 Å². The van der Waals surface area contributed by atoms with E-state index in [1.165, 1.54) is 4.90 Å². The number of piperidine rings is 1. The van der Waals surface area contributed by atoms with Gasteiger partial charge in [0, 0.05) is 19.1 Å². The van der Waals surface area contributed by atoms with Crippen LogP contribution in [0.3, 0.4) is 0 Å². The maximum atomic E-state index is 14.2. The Hall–Kier alpha value is -0.920. The van der Waals surface area contributed by atoms with Crippen molar-refractivity contribution in [2.45, 2.75) is 51.3 Å². The predicted octanol–water partition coefficient (Wildman–Crippen LogP) is 1.30. The third-order valence-corrected chi connectivity index (χ3v) is 3.43. The van der Waals surface area contributed by atoms with E-state index in [0.29, 0.717) is 32.7 Å². The third kappa shape index (κ3) is 5.09. The van der Waals surface area contributed by atoms with Gasteiger partial charge in [-0.3, -0.25) is 0 Å². The molecule has 7 heteroatoms. The molecular formula is C14H25FN2O4. The van der Waals surface area contributed by atoms with Crippen LogP contribution in [-0.4, -0.2) is 67.9 Å². The summed E-state index contributed by atoms with van der Waals surface area (Å²) in [6.07, 6.45) is -1.31. The van der Waals surface area contributed by atoms with Gasteiger partial charge in [0.25, 0.3) is 0 Å². The summed E-state index contributed by atoms with van der Waals surface area (Å²) in [5.41, 5.74) is -0.560. The SMILES string of the molecule is CC(C)(C)OC(=O)N1CC[C@@H](NCC2OCCO2)[C@@H](F)C1.